The third-order valence-electron chi connectivity index (χ3n) is 6.43. The van der Waals surface area contributed by atoms with E-state index in [1.165, 1.54) is 27.3 Å². The molecule has 1 unspecified atom stereocenters. The number of carboxylic acids is 1. The van der Waals surface area contributed by atoms with Crippen LogP contribution < -0.4 is 4.90 Å². The van der Waals surface area contributed by atoms with E-state index in [9.17, 15) is 9.90 Å². The van der Waals surface area contributed by atoms with Gasteiger partial charge in [-0.25, -0.2) is 9.78 Å². The molecule has 1 aliphatic heterocycles. The van der Waals surface area contributed by atoms with E-state index in [1.807, 2.05) is 20.8 Å². The number of hydrogen-bond acceptors (Lipinski definition) is 7. The van der Waals surface area contributed by atoms with Gasteiger partial charge in [-0.3, -0.25) is 0 Å². The smallest absolute Gasteiger partial charge is 0.331 e. The monoisotopic (exact) mass is 450 g/mol. The molecule has 3 aromatic rings. The summed E-state index contributed by atoms with van der Waals surface area (Å²) in [6, 6.07) is 7.77. The third kappa shape index (κ3) is 3.50. The molecule has 0 bridgehead atoms. The average molecular weight is 451 g/mol. The van der Waals surface area contributed by atoms with E-state index in [4.69, 9.17) is 0 Å². The molecule has 5 rings (SSSR count). The lowest BCUT2D eigenvalue weighted by Crippen LogP contribution is -2.41. The Morgan fingerprint density at radius 2 is 1.97 bits per heavy atom. The van der Waals surface area contributed by atoms with Crippen molar-refractivity contribution in [3.63, 3.8) is 0 Å². The van der Waals surface area contributed by atoms with Gasteiger partial charge in [0, 0.05) is 18.5 Å². The van der Waals surface area contributed by atoms with Crippen molar-refractivity contribution in [3.8, 4) is 10.7 Å². The van der Waals surface area contributed by atoms with Crippen molar-refractivity contribution < 1.29 is 9.90 Å². The summed E-state index contributed by atoms with van der Waals surface area (Å²) in [5, 5.41) is 23.0. The van der Waals surface area contributed by atoms with E-state index in [1.54, 1.807) is 6.20 Å². The number of nitrogens with zero attached hydrogens (tertiary/aromatic N) is 6. The minimum atomic E-state index is -0.976. The van der Waals surface area contributed by atoms with Gasteiger partial charge in [0.15, 0.2) is 11.2 Å². The first-order valence-electron chi connectivity index (χ1n) is 10.8. The molecule has 1 saturated heterocycles. The standard InChI is InChI=1S/C23H26N6O2S/c1-22(2,3)18(20(30)31)29-26-19(25-27-29)17-14-24-21(32-17)28-12-10-23(11-13-28)9-8-15-6-4-5-7-16(15)23/h4-9,14,18H,10-13H2,1-3H3,(H,30,31). The van der Waals surface area contributed by atoms with Crippen molar-refractivity contribution in [2.75, 3.05) is 18.0 Å². The molecule has 1 fully saturated rings. The number of hydrogen-bond donors (Lipinski definition) is 1. The summed E-state index contributed by atoms with van der Waals surface area (Å²) in [6.07, 6.45) is 8.48. The Labute approximate surface area is 190 Å². The van der Waals surface area contributed by atoms with E-state index in [0.717, 1.165) is 35.9 Å². The highest BCUT2D eigenvalue weighted by Gasteiger charge is 2.39. The maximum absolute atomic E-state index is 11.7. The Kier molecular flexibility index (Phi) is 4.88. The number of aromatic nitrogens is 5. The number of thiazole rings is 1. The van der Waals surface area contributed by atoms with Crippen LogP contribution in [-0.2, 0) is 10.2 Å². The molecular weight excluding hydrogens is 424 g/mol. The first-order valence-corrected chi connectivity index (χ1v) is 11.6. The minimum absolute atomic E-state index is 0.135. The van der Waals surface area contributed by atoms with Gasteiger partial charge in [-0.05, 0) is 34.6 Å². The molecular formula is C23H26N6O2S. The molecule has 8 nitrogen and oxygen atoms in total. The Morgan fingerprint density at radius 1 is 1.22 bits per heavy atom. The molecule has 166 valence electrons. The number of allylic oxidation sites excluding steroid dienone is 1. The van der Waals surface area contributed by atoms with E-state index < -0.39 is 17.4 Å². The predicted octanol–water partition coefficient (Wildman–Crippen LogP) is 4.03. The van der Waals surface area contributed by atoms with E-state index in [-0.39, 0.29) is 5.41 Å². The fourth-order valence-electron chi connectivity index (χ4n) is 4.73. The summed E-state index contributed by atoms with van der Waals surface area (Å²) in [5.41, 5.74) is 2.37. The highest BCUT2D eigenvalue weighted by atomic mass is 32.1. The van der Waals surface area contributed by atoms with Crippen LogP contribution in [-0.4, -0.2) is 49.4 Å². The Hall–Kier alpha value is -3.07. The second-order valence-electron chi connectivity index (χ2n) is 9.61. The number of anilines is 1. The van der Waals surface area contributed by atoms with Gasteiger partial charge in [0.1, 0.15) is 0 Å². The van der Waals surface area contributed by atoms with Gasteiger partial charge >= 0.3 is 5.97 Å². The topological polar surface area (TPSA) is 97.0 Å². The van der Waals surface area contributed by atoms with Gasteiger partial charge in [0.2, 0.25) is 5.82 Å². The lowest BCUT2D eigenvalue weighted by atomic mass is 9.75. The van der Waals surface area contributed by atoms with Crippen LogP contribution in [0, 0.1) is 5.41 Å². The fourth-order valence-corrected chi connectivity index (χ4v) is 5.62. The zero-order valence-electron chi connectivity index (χ0n) is 18.4. The maximum atomic E-state index is 11.7. The normalized spacial score (nSPS) is 18.2. The van der Waals surface area contributed by atoms with Crippen LogP contribution in [0.2, 0.25) is 0 Å². The molecule has 0 radical (unpaired) electrons. The zero-order chi connectivity index (χ0) is 22.5. The SMILES string of the molecule is CC(C)(C)C(C(=O)O)n1nnc(-c2cnc(N3CCC4(C=Cc5ccccc54)CC3)s2)n1. The molecule has 1 atom stereocenters. The lowest BCUT2D eigenvalue weighted by molar-refractivity contribution is -0.145. The highest BCUT2D eigenvalue weighted by Crippen LogP contribution is 2.44. The minimum Gasteiger partial charge on any atom is -0.480 e. The highest BCUT2D eigenvalue weighted by molar-refractivity contribution is 7.18. The van der Waals surface area contributed by atoms with Crippen molar-refractivity contribution in [1.82, 2.24) is 25.2 Å². The number of carboxylic acid groups (broad SMARTS) is 1. The van der Waals surface area contributed by atoms with E-state index in [2.05, 4.69) is 61.7 Å². The number of benzene rings is 1. The molecule has 1 N–H and O–H groups in total. The van der Waals surface area contributed by atoms with Crippen LogP contribution in [0.5, 0.6) is 0 Å². The lowest BCUT2D eigenvalue weighted by Gasteiger charge is -2.39. The maximum Gasteiger partial charge on any atom is 0.331 e. The Balaban J connectivity index is 1.31. The molecule has 1 aromatic carbocycles. The summed E-state index contributed by atoms with van der Waals surface area (Å²) in [6.45, 7) is 7.40. The molecule has 0 amide bonds. The van der Waals surface area contributed by atoms with Gasteiger partial charge in [0.05, 0.1) is 11.1 Å². The molecule has 2 aliphatic rings. The second kappa shape index (κ2) is 7.51. The van der Waals surface area contributed by atoms with Crippen molar-refractivity contribution in [3.05, 3.63) is 47.7 Å². The Bertz CT molecular complexity index is 1180. The van der Waals surface area contributed by atoms with Crippen molar-refractivity contribution in [1.29, 1.82) is 0 Å². The van der Waals surface area contributed by atoms with Crippen LogP contribution in [0.1, 0.15) is 50.8 Å². The van der Waals surface area contributed by atoms with E-state index >= 15 is 0 Å². The van der Waals surface area contributed by atoms with Crippen LogP contribution in [0.15, 0.2) is 36.5 Å². The number of piperidine rings is 1. The first-order chi connectivity index (χ1) is 15.3. The van der Waals surface area contributed by atoms with Crippen LogP contribution in [0.25, 0.3) is 16.8 Å². The molecule has 2 aromatic heterocycles. The van der Waals surface area contributed by atoms with Crippen molar-refractivity contribution in [2.45, 2.75) is 45.1 Å². The quantitative estimate of drug-likeness (QED) is 0.641. The number of rotatable bonds is 4. The van der Waals surface area contributed by atoms with Gasteiger partial charge in [-0.1, -0.05) is 68.5 Å². The van der Waals surface area contributed by atoms with Crippen LogP contribution in [0.3, 0.4) is 0 Å². The number of tetrazole rings is 1. The first kappa shape index (κ1) is 20.8. The average Bonchev–Trinajstić information content (AvgIpc) is 3.48. The fraction of sp³-hybridized carbons (Fsp3) is 0.435. The number of carbonyl (C=O) groups is 1. The predicted molar refractivity (Wildman–Crippen MR) is 124 cm³/mol. The van der Waals surface area contributed by atoms with Crippen LogP contribution in [0.4, 0.5) is 5.13 Å². The van der Waals surface area contributed by atoms with Gasteiger partial charge < -0.3 is 10.0 Å². The summed E-state index contributed by atoms with van der Waals surface area (Å²) in [5.74, 6) is -0.568. The van der Waals surface area contributed by atoms with Gasteiger partial charge in [0.25, 0.3) is 0 Å². The summed E-state index contributed by atoms with van der Waals surface area (Å²) < 4.78 is 0. The molecule has 3 heterocycles. The van der Waals surface area contributed by atoms with Gasteiger partial charge in [-0.15, -0.1) is 15.0 Å². The van der Waals surface area contributed by atoms with Crippen molar-refractivity contribution >= 4 is 28.5 Å². The summed E-state index contributed by atoms with van der Waals surface area (Å²) in [4.78, 5) is 20.6. The molecule has 32 heavy (non-hydrogen) atoms. The molecule has 9 heteroatoms. The largest absolute Gasteiger partial charge is 0.480 e. The van der Waals surface area contributed by atoms with Crippen LogP contribution >= 0.6 is 11.3 Å². The molecule has 1 spiro atoms. The zero-order valence-corrected chi connectivity index (χ0v) is 19.2. The van der Waals surface area contributed by atoms with Gasteiger partial charge in [-0.2, -0.15) is 0 Å². The van der Waals surface area contributed by atoms with Crippen molar-refractivity contribution in [2.24, 2.45) is 5.41 Å². The molecule has 1 aliphatic carbocycles. The number of aliphatic carboxylic acids is 1. The number of fused-ring (bicyclic) bond motifs is 2. The second-order valence-corrected chi connectivity index (χ2v) is 10.6. The summed E-state index contributed by atoms with van der Waals surface area (Å²) >= 11 is 1.52. The third-order valence-corrected chi connectivity index (χ3v) is 7.49. The molecule has 0 saturated carbocycles. The summed E-state index contributed by atoms with van der Waals surface area (Å²) in [7, 11) is 0. The Morgan fingerprint density at radius 3 is 2.69 bits per heavy atom. The van der Waals surface area contributed by atoms with E-state index in [0.29, 0.717) is 5.82 Å².